The SMILES string of the molecule is CCOC(=O)OCOC(=O)[C@H]1[C@@H]2[C@H](O)[C@@H](CSc3ccc(F)c(Cl)c3)[C@@](N)(C(=O)OCOC(=O)OCC)[C@H]12. The van der Waals surface area contributed by atoms with Crippen LogP contribution in [0, 0.1) is 29.5 Å². The van der Waals surface area contributed by atoms with Crippen LogP contribution in [-0.2, 0) is 38.0 Å². The van der Waals surface area contributed by atoms with E-state index in [1.807, 2.05) is 0 Å². The third kappa shape index (κ3) is 6.42. The summed E-state index contributed by atoms with van der Waals surface area (Å²) >= 11 is 7.00. The zero-order valence-corrected chi connectivity index (χ0v) is 22.0. The van der Waals surface area contributed by atoms with E-state index in [0.717, 1.165) is 11.8 Å². The summed E-state index contributed by atoms with van der Waals surface area (Å²) in [5, 5.41) is 10.9. The maximum Gasteiger partial charge on any atom is 0.511 e. The Labute approximate surface area is 226 Å². The minimum absolute atomic E-state index is 0.0416. The van der Waals surface area contributed by atoms with E-state index in [9.17, 15) is 28.7 Å². The van der Waals surface area contributed by atoms with Crippen molar-refractivity contribution in [3.05, 3.63) is 29.0 Å². The molecular formula is C23H27ClFNO11S. The molecule has 2 fully saturated rings. The predicted molar refractivity (Wildman–Crippen MR) is 127 cm³/mol. The lowest BCUT2D eigenvalue weighted by Gasteiger charge is -2.34. The molecule has 0 aliphatic heterocycles. The van der Waals surface area contributed by atoms with Gasteiger partial charge < -0.3 is 39.3 Å². The fraction of sp³-hybridized carbons (Fsp3) is 0.565. The van der Waals surface area contributed by atoms with Crippen molar-refractivity contribution < 1.29 is 57.1 Å². The Bertz CT molecular complexity index is 1060. The first-order valence-electron chi connectivity index (χ1n) is 11.5. The van der Waals surface area contributed by atoms with Gasteiger partial charge in [-0.15, -0.1) is 11.8 Å². The molecule has 0 aromatic heterocycles. The van der Waals surface area contributed by atoms with Gasteiger partial charge in [0.2, 0.25) is 13.6 Å². The van der Waals surface area contributed by atoms with Crippen molar-refractivity contribution in [1.29, 1.82) is 0 Å². The van der Waals surface area contributed by atoms with E-state index < -0.39 is 79.0 Å². The average Bonchev–Trinajstić information content (AvgIpc) is 3.58. The molecule has 1 aromatic rings. The van der Waals surface area contributed by atoms with Gasteiger partial charge in [0, 0.05) is 28.4 Å². The molecule has 2 aliphatic rings. The van der Waals surface area contributed by atoms with Gasteiger partial charge in [0.15, 0.2) is 0 Å². The summed E-state index contributed by atoms with van der Waals surface area (Å²) in [4.78, 5) is 49.0. The highest BCUT2D eigenvalue weighted by molar-refractivity contribution is 7.99. The monoisotopic (exact) mass is 579 g/mol. The van der Waals surface area contributed by atoms with Crippen LogP contribution in [0.5, 0.6) is 0 Å². The maximum atomic E-state index is 13.5. The summed E-state index contributed by atoms with van der Waals surface area (Å²) in [6, 6.07) is 4.03. The van der Waals surface area contributed by atoms with Crippen LogP contribution in [0.25, 0.3) is 0 Å². The highest BCUT2D eigenvalue weighted by atomic mass is 35.5. The van der Waals surface area contributed by atoms with E-state index in [4.69, 9.17) is 26.8 Å². The Morgan fingerprint density at radius 3 is 2.21 bits per heavy atom. The third-order valence-corrected chi connectivity index (χ3v) is 7.67. The van der Waals surface area contributed by atoms with Crippen LogP contribution in [0.2, 0.25) is 5.02 Å². The van der Waals surface area contributed by atoms with Gasteiger partial charge in [0.1, 0.15) is 11.4 Å². The number of rotatable bonds is 11. The number of fused-ring (bicyclic) bond motifs is 1. The topological polar surface area (TPSA) is 170 Å². The number of hydrogen-bond acceptors (Lipinski definition) is 13. The maximum absolute atomic E-state index is 13.5. The second kappa shape index (κ2) is 12.8. The van der Waals surface area contributed by atoms with Crippen molar-refractivity contribution in [2.24, 2.45) is 29.4 Å². The van der Waals surface area contributed by atoms with Gasteiger partial charge in [-0.05, 0) is 32.0 Å². The Kier molecular flexibility index (Phi) is 10.0. The standard InChI is InChI=1S/C23H27ClFNO11S/c1-3-32-21(30)36-9-34-19(28)16-15-17(16)23(26,20(29)35-10-37-22(31)33-4-2)12(18(15)27)8-38-11-5-6-14(25)13(24)7-11/h5-7,12,15-18,27H,3-4,8-10,26H2,1-2H3/t12-,15+,16+,17+,18-,23+/m1/s1. The van der Waals surface area contributed by atoms with Crippen LogP contribution in [0.1, 0.15) is 13.8 Å². The summed E-state index contributed by atoms with van der Waals surface area (Å²) in [7, 11) is 0. The minimum Gasteiger partial charge on any atom is -0.435 e. The quantitative estimate of drug-likeness (QED) is 0.170. The molecule has 0 unspecified atom stereocenters. The average molecular weight is 580 g/mol. The van der Waals surface area contributed by atoms with E-state index in [-0.39, 0.29) is 24.0 Å². The van der Waals surface area contributed by atoms with E-state index in [0.29, 0.717) is 4.90 Å². The molecule has 3 N–H and O–H groups in total. The van der Waals surface area contributed by atoms with E-state index in [1.165, 1.54) is 18.2 Å². The van der Waals surface area contributed by atoms with Crippen molar-refractivity contribution in [2.75, 3.05) is 32.6 Å². The fourth-order valence-corrected chi connectivity index (χ4v) is 6.02. The minimum atomic E-state index is -1.88. The normalized spacial score (nSPS) is 27.1. The van der Waals surface area contributed by atoms with E-state index in [2.05, 4.69) is 18.9 Å². The van der Waals surface area contributed by atoms with Crippen molar-refractivity contribution in [2.45, 2.75) is 30.4 Å². The Hall–Kier alpha value is -2.81. The van der Waals surface area contributed by atoms with Crippen LogP contribution in [0.3, 0.4) is 0 Å². The molecule has 1 aromatic carbocycles. The number of aliphatic hydroxyl groups excluding tert-OH is 1. The summed E-state index contributed by atoms with van der Waals surface area (Å²) in [6.45, 7) is 1.69. The Balaban J connectivity index is 1.71. The molecule has 0 amide bonds. The predicted octanol–water partition coefficient (Wildman–Crippen LogP) is 2.47. The lowest BCUT2D eigenvalue weighted by atomic mass is 9.81. The molecular weight excluding hydrogens is 553 g/mol. The van der Waals surface area contributed by atoms with Gasteiger partial charge in [0.05, 0.1) is 30.3 Å². The first-order chi connectivity index (χ1) is 18.1. The number of hydrogen-bond donors (Lipinski definition) is 2. The first kappa shape index (κ1) is 29.7. The molecule has 0 bridgehead atoms. The number of ether oxygens (including phenoxy) is 6. The third-order valence-electron chi connectivity index (χ3n) is 6.26. The van der Waals surface area contributed by atoms with Gasteiger partial charge in [-0.1, -0.05) is 11.6 Å². The number of aliphatic hydroxyl groups is 1. The molecule has 15 heteroatoms. The number of halogens is 2. The Morgan fingerprint density at radius 1 is 1.03 bits per heavy atom. The van der Waals surface area contributed by atoms with Crippen LogP contribution in [0.15, 0.2) is 23.1 Å². The Morgan fingerprint density at radius 2 is 1.63 bits per heavy atom. The van der Waals surface area contributed by atoms with Gasteiger partial charge in [-0.25, -0.2) is 18.8 Å². The highest BCUT2D eigenvalue weighted by Crippen LogP contribution is 2.64. The van der Waals surface area contributed by atoms with Crippen molar-refractivity contribution in [3.63, 3.8) is 0 Å². The molecule has 2 saturated carbocycles. The van der Waals surface area contributed by atoms with Gasteiger partial charge in [0.25, 0.3) is 0 Å². The number of carbonyl (C=O) groups excluding carboxylic acids is 4. The molecule has 2 aliphatic carbocycles. The van der Waals surface area contributed by atoms with Gasteiger partial charge >= 0.3 is 24.2 Å². The van der Waals surface area contributed by atoms with Crippen LogP contribution < -0.4 is 5.73 Å². The molecule has 210 valence electrons. The summed E-state index contributed by atoms with van der Waals surface area (Å²) in [5.74, 6) is -5.93. The second-order valence-corrected chi connectivity index (χ2v) is 9.83. The van der Waals surface area contributed by atoms with Crippen LogP contribution in [0.4, 0.5) is 14.0 Å². The number of benzene rings is 1. The number of esters is 2. The van der Waals surface area contributed by atoms with Gasteiger partial charge in [-0.3, -0.25) is 4.79 Å². The second-order valence-electron chi connectivity index (χ2n) is 8.33. The molecule has 0 radical (unpaired) electrons. The largest absolute Gasteiger partial charge is 0.511 e. The van der Waals surface area contributed by atoms with E-state index >= 15 is 0 Å². The summed E-state index contributed by atoms with van der Waals surface area (Å²) < 4.78 is 42.0. The lowest BCUT2D eigenvalue weighted by molar-refractivity contribution is -0.165. The molecule has 0 saturated heterocycles. The zero-order chi connectivity index (χ0) is 28.0. The van der Waals surface area contributed by atoms with Gasteiger partial charge in [-0.2, -0.15) is 0 Å². The lowest BCUT2D eigenvalue weighted by Crippen LogP contribution is -2.59. The van der Waals surface area contributed by atoms with Crippen LogP contribution >= 0.6 is 23.4 Å². The number of carbonyl (C=O) groups is 4. The molecule has 0 heterocycles. The van der Waals surface area contributed by atoms with Crippen molar-refractivity contribution >= 4 is 47.6 Å². The molecule has 38 heavy (non-hydrogen) atoms. The zero-order valence-electron chi connectivity index (χ0n) is 20.4. The van der Waals surface area contributed by atoms with E-state index in [1.54, 1.807) is 13.8 Å². The number of nitrogens with two attached hydrogens (primary N) is 1. The molecule has 12 nitrogen and oxygen atoms in total. The van der Waals surface area contributed by atoms with Crippen LogP contribution in [-0.4, -0.2) is 73.6 Å². The molecule has 3 rings (SSSR count). The smallest absolute Gasteiger partial charge is 0.435 e. The van der Waals surface area contributed by atoms with Crippen molar-refractivity contribution in [1.82, 2.24) is 0 Å². The highest BCUT2D eigenvalue weighted by Gasteiger charge is 2.78. The molecule has 0 spiro atoms. The summed E-state index contributed by atoms with van der Waals surface area (Å²) in [6.07, 6.45) is -3.33. The first-order valence-corrected chi connectivity index (χ1v) is 12.9. The van der Waals surface area contributed by atoms with Crippen molar-refractivity contribution in [3.8, 4) is 0 Å². The number of thioether (sulfide) groups is 1. The molecule has 6 atom stereocenters. The fourth-order valence-electron chi connectivity index (χ4n) is 4.56. The summed E-state index contributed by atoms with van der Waals surface area (Å²) in [5.41, 5.74) is 4.66.